The Kier molecular flexibility index (Phi) is 3.39. The molecular weight excluding hydrogens is 304 g/mol. The standard InChI is InChI=1S/C19H18N2O3/c1-11-7-9-13(10-8-11)16-15-17(19(23)20-18(15)22)24-21(16)14-6-4-3-5-12(14)2/h3-10,15-17H,1-2H3,(H,20,22,23)/t15-,16-,17+/m1/s1. The number of benzene rings is 2. The van der Waals surface area contributed by atoms with Gasteiger partial charge in [-0.1, -0.05) is 48.0 Å². The number of carbonyl (C=O) groups excluding carboxylic acids is 2. The van der Waals surface area contributed by atoms with Crippen LogP contribution >= 0.6 is 0 Å². The predicted molar refractivity (Wildman–Crippen MR) is 89.1 cm³/mol. The normalized spacial score (nSPS) is 25.8. The molecule has 2 aliphatic rings. The van der Waals surface area contributed by atoms with Crippen LogP contribution in [0.4, 0.5) is 5.69 Å². The second kappa shape index (κ2) is 5.46. The molecule has 4 rings (SSSR count). The number of para-hydroxylation sites is 1. The van der Waals surface area contributed by atoms with Crippen LogP contribution in [0.2, 0.25) is 0 Å². The van der Waals surface area contributed by atoms with Crippen molar-refractivity contribution in [2.75, 3.05) is 5.06 Å². The Morgan fingerprint density at radius 1 is 0.958 bits per heavy atom. The molecule has 2 saturated heterocycles. The minimum Gasteiger partial charge on any atom is -0.294 e. The van der Waals surface area contributed by atoms with Crippen LogP contribution in [0.3, 0.4) is 0 Å². The fraction of sp³-hybridized carbons (Fsp3) is 0.263. The molecule has 0 bridgehead atoms. The summed E-state index contributed by atoms with van der Waals surface area (Å²) in [6.07, 6.45) is -0.775. The first-order chi connectivity index (χ1) is 11.6. The smallest absolute Gasteiger partial charge is 0.259 e. The summed E-state index contributed by atoms with van der Waals surface area (Å²) in [4.78, 5) is 30.3. The van der Waals surface area contributed by atoms with Crippen molar-refractivity contribution in [3.63, 3.8) is 0 Å². The van der Waals surface area contributed by atoms with Gasteiger partial charge in [-0.15, -0.1) is 0 Å². The fourth-order valence-electron chi connectivity index (χ4n) is 3.46. The van der Waals surface area contributed by atoms with Crippen LogP contribution in [0, 0.1) is 19.8 Å². The van der Waals surface area contributed by atoms with Gasteiger partial charge in [-0.3, -0.25) is 19.7 Å². The van der Waals surface area contributed by atoms with Gasteiger partial charge in [0.25, 0.3) is 5.91 Å². The molecule has 0 saturated carbocycles. The summed E-state index contributed by atoms with van der Waals surface area (Å²) in [6.45, 7) is 4.00. The van der Waals surface area contributed by atoms with Gasteiger partial charge in [0.05, 0.1) is 11.7 Å². The number of anilines is 1. The molecule has 1 N–H and O–H groups in total. The number of fused-ring (bicyclic) bond motifs is 1. The van der Waals surface area contributed by atoms with Crippen molar-refractivity contribution in [1.29, 1.82) is 0 Å². The molecule has 5 nitrogen and oxygen atoms in total. The number of hydrogen-bond donors (Lipinski definition) is 1. The van der Waals surface area contributed by atoms with Crippen molar-refractivity contribution in [1.82, 2.24) is 5.32 Å². The van der Waals surface area contributed by atoms with E-state index >= 15 is 0 Å². The fourth-order valence-corrected chi connectivity index (χ4v) is 3.46. The third kappa shape index (κ3) is 2.20. The van der Waals surface area contributed by atoms with Crippen molar-refractivity contribution in [3.05, 3.63) is 65.2 Å². The van der Waals surface area contributed by atoms with Gasteiger partial charge < -0.3 is 0 Å². The van der Waals surface area contributed by atoms with Gasteiger partial charge in [0.1, 0.15) is 5.92 Å². The summed E-state index contributed by atoms with van der Waals surface area (Å²) in [5.74, 6) is -1.18. The highest BCUT2D eigenvalue weighted by Gasteiger charge is 2.56. The predicted octanol–water partition coefficient (Wildman–Crippen LogP) is 2.44. The molecule has 2 aromatic rings. The average Bonchev–Trinajstić information content (AvgIpc) is 3.08. The Balaban J connectivity index is 1.83. The van der Waals surface area contributed by atoms with Gasteiger partial charge in [-0.25, -0.2) is 5.06 Å². The van der Waals surface area contributed by atoms with Crippen LogP contribution in [0.15, 0.2) is 48.5 Å². The van der Waals surface area contributed by atoms with E-state index in [0.717, 1.165) is 22.4 Å². The second-order valence-corrected chi connectivity index (χ2v) is 6.37. The Morgan fingerprint density at radius 2 is 1.67 bits per heavy atom. The van der Waals surface area contributed by atoms with Gasteiger partial charge in [-0.2, -0.15) is 0 Å². The number of imide groups is 1. The number of nitrogens with one attached hydrogen (secondary N) is 1. The van der Waals surface area contributed by atoms with Crippen molar-refractivity contribution in [2.24, 2.45) is 5.92 Å². The summed E-state index contributed by atoms with van der Waals surface area (Å²) in [5, 5.41) is 4.12. The molecule has 2 aliphatic heterocycles. The molecule has 5 heteroatoms. The van der Waals surface area contributed by atoms with Crippen molar-refractivity contribution >= 4 is 17.5 Å². The van der Waals surface area contributed by atoms with E-state index in [4.69, 9.17) is 4.84 Å². The van der Waals surface area contributed by atoms with Crippen molar-refractivity contribution in [3.8, 4) is 0 Å². The Hall–Kier alpha value is -2.66. The lowest BCUT2D eigenvalue weighted by Crippen LogP contribution is -2.33. The Morgan fingerprint density at radius 3 is 2.38 bits per heavy atom. The van der Waals surface area contributed by atoms with Crippen LogP contribution < -0.4 is 10.4 Å². The number of amides is 2. The summed E-state index contributed by atoms with van der Waals surface area (Å²) in [7, 11) is 0. The lowest BCUT2D eigenvalue weighted by molar-refractivity contribution is -0.129. The molecule has 2 amide bonds. The van der Waals surface area contributed by atoms with Crippen LogP contribution in [-0.2, 0) is 14.4 Å². The molecular formula is C19H18N2O3. The first-order valence-electron chi connectivity index (χ1n) is 7.99. The summed E-state index contributed by atoms with van der Waals surface area (Å²) >= 11 is 0. The maximum absolute atomic E-state index is 12.3. The molecule has 2 heterocycles. The Bertz CT molecular complexity index is 816. The zero-order chi connectivity index (χ0) is 16.8. The van der Waals surface area contributed by atoms with Gasteiger partial charge in [0, 0.05) is 0 Å². The third-order valence-corrected chi connectivity index (χ3v) is 4.73. The van der Waals surface area contributed by atoms with Crippen molar-refractivity contribution in [2.45, 2.75) is 26.0 Å². The van der Waals surface area contributed by atoms with E-state index in [-0.39, 0.29) is 17.9 Å². The number of carbonyl (C=O) groups is 2. The molecule has 24 heavy (non-hydrogen) atoms. The molecule has 0 unspecified atom stereocenters. The maximum atomic E-state index is 12.3. The molecule has 2 aromatic carbocycles. The number of hydrogen-bond acceptors (Lipinski definition) is 4. The largest absolute Gasteiger partial charge is 0.294 e. The van der Waals surface area contributed by atoms with Crippen LogP contribution in [-0.4, -0.2) is 17.9 Å². The van der Waals surface area contributed by atoms with Gasteiger partial charge in [0.15, 0.2) is 6.10 Å². The molecule has 0 radical (unpaired) electrons. The molecule has 0 aromatic heterocycles. The minimum atomic E-state index is -0.775. The zero-order valence-electron chi connectivity index (χ0n) is 13.5. The quantitative estimate of drug-likeness (QED) is 0.863. The van der Waals surface area contributed by atoms with Crippen LogP contribution in [0.5, 0.6) is 0 Å². The van der Waals surface area contributed by atoms with E-state index < -0.39 is 12.0 Å². The monoisotopic (exact) mass is 322 g/mol. The number of aryl methyl sites for hydroxylation is 2. The lowest BCUT2D eigenvalue weighted by atomic mass is 9.90. The number of nitrogens with zero attached hydrogens (tertiary/aromatic N) is 1. The lowest BCUT2D eigenvalue weighted by Gasteiger charge is -2.28. The molecule has 122 valence electrons. The summed E-state index contributed by atoms with van der Waals surface area (Å²) < 4.78 is 0. The molecule has 0 spiro atoms. The number of hydroxylamine groups is 1. The number of rotatable bonds is 2. The van der Waals surface area contributed by atoms with E-state index in [2.05, 4.69) is 5.32 Å². The van der Waals surface area contributed by atoms with Gasteiger partial charge >= 0.3 is 0 Å². The highest BCUT2D eigenvalue weighted by Crippen LogP contribution is 2.45. The zero-order valence-corrected chi connectivity index (χ0v) is 13.5. The van der Waals surface area contributed by atoms with Crippen LogP contribution in [0.25, 0.3) is 0 Å². The van der Waals surface area contributed by atoms with Gasteiger partial charge in [0.2, 0.25) is 5.91 Å². The van der Waals surface area contributed by atoms with E-state index in [0.29, 0.717) is 0 Å². The third-order valence-electron chi connectivity index (χ3n) is 4.73. The second-order valence-electron chi connectivity index (χ2n) is 6.37. The summed E-state index contributed by atoms with van der Waals surface area (Å²) in [6, 6.07) is 15.5. The minimum absolute atomic E-state index is 0.272. The van der Waals surface area contributed by atoms with E-state index in [9.17, 15) is 9.59 Å². The first kappa shape index (κ1) is 14.9. The van der Waals surface area contributed by atoms with E-state index in [1.807, 2.05) is 62.4 Å². The first-order valence-corrected chi connectivity index (χ1v) is 7.99. The summed E-state index contributed by atoms with van der Waals surface area (Å²) in [5.41, 5.74) is 4.00. The van der Waals surface area contributed by atoms with Gasteiger partial charge in [-0.05, 0) is 31.0 Å². The average molecular weight is 322 g/mol. The SMILES string of the molecule is Cc1ccc([C@@H]2[C@H]3C(=O)NC(=O)[C@H]3ON2c2ccccc2C)cc1. The van der Waals surface area contributed by atoms with E-state index in [1.54, 1.807) is 5.06 Å². The van der Waals surface area contributed by atoms with E-state index in [1.165, 1.54) is 0 Å². The molecule has 0 aliphatic carbocycles. The highest BCUT2D eigenvalue weighted by atomic mass is 16.7. The highest BCUT2D eigenvalue weighted by molar-refractivity contribution is 6.07. The topological polar surface area (TPSA) is 58.6 Å². The Labute approximate surface area is 140 Å². The van der Waals surface area contributed by atoms with Crippen LogP contribution in [0.1, 0.15) is 22.7 Å². The van der Waals surface area contributed by atoms with Crippen molar-refractivity contribution < 1.29 is 14.4 Å². The molecule has 3 atom stereocenters. The molecule has 2 fully saturated rings. The maximum Gasteiger partial charge on any atom is 0.259 e.